The molecule has 1 aliphatic heterocycles. The van der Waals surface area contributed by atoms with Crippen molar-refractivity contribution in [3.05, 3.63) is 23.8 Å². The van der Waals surface area contributed by atoms with Gasteiger partial charge in [-0.05, 0) is 31.9 Å². The van der Waals surface area contributed by atoms with Crippen LogP contribution >= 0.6 is 0 Å². The molecular weight excluding hydrogens is 190 g/mol. The third kappa shape index (κ3) is 2.29. The molecule has 3 nitrogen and oxygen atoms in total. The molecule has 0 aromatic heterocycles. The molecule has 0 unspecified atom stereocenters. The van der Waals surface area contributed by atoms with E-state index in [-0.39, 0.29) is 12.0 Å². The fourth-order valence-corrected chi connectivity index (χ4v) is 1.70. The molecular formula is C12H15NO2. The largest absolute Gasteiger partial charge is 0.491 e. The number of carbonyl (C=O) groups excluding carboxylic acids is 1. The highest BCUT2D eigenvalue weighted by atomic mass is 16.5. The first-order chi connectivity index (χ1) is 7.15. The number of anilines is 1. The van der Waals surface area contributed by atoms with Crippen LogP contribution in [0.1, 0.15) is 25.8 Å². The summed E-state index contributed by atoms with van der Waals surface area (Å²) >= 11 is 0. The Morgan fingerprint density at radius 1 is 1.33 bits per heavy atom. The molecule has 0 radical (unpaired) electrons. The van der Waals surface area contributed by atoms with E-state index >= 15 is 0 Å². The van der Waals surface area contributed by atoms with Crippen LogP contribution in [0.25, 0.3) is 0 Å². The summed E-state index contributed by atoms with van der Waals surface area (Å²) in [7, 11) is 0. The average molecular weight is 205 g/mol. The highest BCUT2D eigenvalue weighted by molar-refractivity contribution is 5.94. The number of benzene rings is 1. The van der Waals surface area contributed by atoms with Crippen LogP contribution in [0.15, 0.2) is 18.2 Å². The van der Waals surface area contributed by atoms with Gasteiger partial charge in [-0.2, -0.15) is 0 Å². The summed E-state index contributed by atoms with van der Waals surface area (Å²) in [6.45, 7) is 3.97. The molecule has 0 saturated heterocycles. The van der Waals surface area contributed by atoms with Crippen molar-refractivity contribution in [3.63, 3.8) is 0 Å². The minimum atomic E-state index is 0.0872. The molecule has 1 aromatic carbocycles. The third-order valence-corrected chi connectivity index (χ3v) is 2.35. The van der Waals surface area contributed by atoms with Gasteiger partial charge >= 0.3 is 0 Å². The minimum absolute atomic E-state index is 0.0872. The van der Waals surface area contributed by atoms with Crippen LogP contribution in [-0.2, 0) is 11.2 Å². The predicted octanol–water partition coefficient (Wildman–Crippen LogP) is 2.36. The molecule has 2 rings (SSSR count). The van der Waals surface area contributed by atoms with E-state index in [1.54, 1.807) is 0 Å². The summed E-state index contributed by atoms with van der Waals surface area (Å²) in [5, 5.41) is 2.85. The Bertz CT molecular complexity index is 385. The number of hydrogen-bond acceptors (Lipinski definition) is 2. The molecule has 80 valence electrons. The molecule has 1 aromatic rings. The number of ether oxygens (including phenoxy) is 1. The summed E-state index contributed by atoms with van der Waals surface area (Å²) in [4.78, 5) is 11.2. The zero-order valence-corrected chi connectivity index (χ0v) is 9.04. The molecule has 0 spiro atoms. The highest BCUT2D eigenvalue weighted by Crippen LogP contribution is 2.27. The molecule has 0 saturated carbocycles. The van der Waals surface area contributed by atoms with Crippen molar-refractivity contribution in [2.75, 3.05) is 5.32 Å². The summed E-state index contributed by atoms with van der Waals surface area (Å²) in [5.74, 6) is 0.898. The zero-order valence-electron chi connectivity index (χ0n) is 9.04. The lowest BCUT2D eigenvalue weighted by molar-refractivity contribution is -0.116. The highest BCUT2D eigenvalue weighted by Gasteiger charge is 2.15. The molecule has 1 aliphatic rings. The average Bonchev–Trinajstić information content (AvgIpc) is 2.16. The van der Waals surface area contributed by atoms with Crippen LogP contribution in [0.5, 0.6) is 5.75 Å². The predicted molar refractivity (Wildman–Crippen MR) is 59.2 cm³/mol. The van der Waals surface area contributed by atoms with Crippen molar-refractivity contribution >= 4 is 11.6 Å². The number of amides is 1. The van der Waals surface area contributed by atoms with Crippen LogP contribution < -0.4 is 10.1 Å². The number of carbonyl (C=O) groups is 1. The van der Waals surface area contributed by atoms with Crippen molar-refractivity contribution < 1.29 is 9.53 Å². The maximum atomic E-state index is 11.2. The fraction of sp³-hybridized carbons (Fsp3) is 0.417. The summed E-state index contributed by atoms with van der Waals surface area (Å²) < 4.78 is 5.56. The smallest absolute Gasteiger partial charge is 0.224 e. The first-order valence-corrected chi connectivity index (χ1v) is 5.24. The van der Waals surface area contributed by atoms with E-state index in [0.29, 0.717) is 6.42 Å². The molecule has 0 bridgehead atoms. The first kappa shape index (κ1) is 10.0. The van der Waals surface area contributed by atoms with Gasteiger partial charge in [-0.15, -0.1) is 0 Å². The first-order valence-electron chi connectivity index (χ1n) is 5.24. The molecule has 0 atom stereocenters. The Kier molecular flexibility index (Phi) is 2.62. The van der Waals surface area contributed by atoms with Crippen molar-refractivity contribution in [2.45, 2.75) is 32.8 Å². The van der Waals surface area contributed by atoms with E-state index in [1.165, 1.54) is 5.56 Å². The van der Waals surface area contributed by atoms with Gasteiger partial charge < -0.3 is 10.1 Å². The standard InChI is InChI=1S/C12H15NO2/c1-8(2)15-10-5-3-9-4-6-12(14)13-11(9)7-10/h3,5,7-8H,4,6H2,1-2H3,(H,13,14). The summed E-state index contributed by atoms with van der Waals surface area (Å²) in [5.41, 5.74) is 2.08. The molecule has 0 aliphatic carbocycles. The molecule has 15 heavy (non-hydrogen) atoms. The van der Waals surface area contributed by atoms with E-state index < -0.39 is 0 Å². The van der Waals surface area contributed by atoms with E-state index in [1.807, 2.05) is 32.0 Å². The number of aryl methyl sites for hydroxylation is 1. The minimum Gasteiger partial charge on any atom is -0.491 e. The monoisotopic (exact) mass is 205 g/mol. The van der Waals surface area contributed by atoms with Gasteiger partial charge in [-0.1, -0.05) is 6.07 Å². The molecule has 1 amide bonds. The van der Waals surface area contributed by atoms with Gasteiger partial charge in [-0.3, -0.25) is 4.79 Å². The van der Waals surface area contributed by atoms with Gasteiger partial charge in [-0.25, -0.2) is 0 Å². The zero-order chi connectivity index (χ0) is 10.8. The second-order valence-corrected chi connectivity index (χ2v) is 4.03. The van der Waals surface area contributed by atoms with Crippen LogP contribution in [0, 0.1) is 0 Å². The van der Waals surface area contributed by atoms with Crippen molar-refractivity contribution in [1.29, 1.82) is 0 Å². The maximum Gasteiger partial charge on any atom is 0.224 e. The van der Waals surface area contributed by atoms with E-state index in [0.717, 1.165) is 17.9 Å². The van der Waals surface area contributed by atoms with Crippen molar-refractivity contribution in [1.82, 2.24) is 0 Å². The number of fused-ring (bicyclic) bond motifs is 1. The maximum absolute atomic E-state index is 11.2. The third-order valence-electron chi connectivity index (χ3n) is 2.35. The van der Waals surface area contributed by atoms with Gasteiger partial charge in [0.1, 0.15) is 5.75 Å². The number of hydrogen-bond donors (Lipinski definition) is 1. The van der Waals surface area contributed by atoms with Gasteiger partial charge in [0.05, 0.1) is 6.10 Å². The summed E-state index contributed by atoms with van der Waals surface area (Å²) in [6, 6.07) is 5.87. The van der Waals surface area contributed by atoms with Crippen LogP contribution in [0.2, 0.25) is 0 Å². The van der Waals surface area contributed by atoms with Gasteiger partial charge in [0, 0.05) is 18.2 Å². The van der Waals surface area contributed by atoms with Crippen LogP contribution in [0.3, 0.4) is 0 Å². The van der Waals surface area contributed by atoms with Crippen molar-refractivity contribution in [3.8, 4) is 5.75 Å². The lowest BCUT2D eigenvalue weighted by Gasteiger charge is -2.18. The Labute approximate surface area is 89.4 Å². The topological polar surface area (TPSA) is 38.3 Å². The van der Waals surface area contributed by atoms with Gasteiger partial charge in [0.2, 0.25) is 5.91 Å². The van der Waals surface area contributed by atoms with Crippen LogP contribution in [0.4, 0.5) is 5.69 Å². The Morgan fingerprint density at radius 2 is 2.13 bits per heavy atom. The molecule has 0 fully saturated rings. The molecule has 3 heteroatoms. The van der Waals surface area contributed by atoms with Crippen LogP contribution in [-0.4, -0.2) is 12.0 Å². The van der Waals surface area contributed by atoms with E-state index in [2.05, 4.69) is 5.32 Å². The second kappa shape index (κ2) is 3.93. The van der Waals surface area contributed by atoms with E-state index in [4.69, 9.17) is 4.74 Å². The van der Waals surface area contributed by atoms with E-state index in [9.17, 15) is 4.79 Å². The number of rotatable bonds is 2. The van der Waals surface area contributed by atoms with Crippen molar-refractivity contribution in [2.24, 2.45) is 0 Å². The molecule has 1 heterocycles. The second-order valence-electron chi connectivity index (χ2n) is 4.03. The molecule has 1 N–H and O–H groups in total. The normalized spacial score (nSPS) is 14.7. The fourth-order valence-electron chi connectivity index (χ4n) is 1.70. The Balaban J connectivity index is 2.24. The number of nitrogens with one attached hydrogen (secondary N) is 1. The Morgan fingerprint density at radius 3 is 2.87 bits per heavy atom. The van der Waals surface area contributed by atoms with Gasteiger partial charge in [0.15, 0.2) is 0 Å². The summed E-state index contributed by atoms with van der Waals surface area (Å²) in [6.07, 6.45) is 1.56. The Hall–Kier alpha value is -1.51. The SMILES string of the molecule is CC(C)Oc1ccc2c(c1)NC(=O)CC2. The lowest BCUT2D eigenvalue weighted by Crippen LogP contribution is -2.19. The lowest BCUT2D eigenvalue weighted by atomic mass is 10.0. The quantitative estimate of drug-likeness (QED) is 0.804. The van der Waals surface area contributed by atoms with Gasteiger partial charge in [0.25, 0.3) is 0 Å².